The standard InChI is InChI=1S/C15H21FN2O/c1-2-15(19)6-3-4-11-9-18(10-12(11)15)14-5-7-17-8-13(14)16/h5,7-8,11-12,19H,2-4,6,9-10H2,1H3/t11-,12+,15-/m1/s1. The lowest BCUT2D eigenvalue weighted by Gasteiger charge is -2.40. The highest BCUT2D eigenvalue weighted by Crippen LogP contribution is 2.45. The lowest BCUT2D eigenvalue weighted by Crippen LogP contribution is -2.44. The Morgan fingerprint density at radius 1 is 1.53 bits per heavy atom. The fourth-order valence-corrected chi connectivity index (χ4v) is 3.89. The van der Waals surface area contributed by atoms with Crippen molar-refractivity contribution in [2.24, 2.45) is 11.8 Å². The Kier molecular flexibility index (Phi) is 3.21. The van der Waals surface area contributed by atoms with E-state index in [4.69, 9.17) is 0 Å². The first-order valence-electron chi connectivity index (χ1n) is 7.21. The van der Waals surface area contributed by atoms with E-state index < -0.39 is 5.60 Å². The summed E-state index contributed by atoms with van der Waals surface area (Å²) in [6.07, 6.45) is 6.81. The van der Waals surface area contributed by atoms with Gasteiger partial charge in [-0.2, -0.15) is 0 Å². The van der Waals surface area contributed by atoms with Crippen molar-refractivity contribution >= 4 is 5.69 Å². The van der Waals surface area contributed by atoms with Crippen LogP contribution in [0.1, 0.15) is 32.6 Å². The van der Waals surface area contributed by atoms with Crippen molar-refractivity contribution in [3.05, 3.63) is 24.3 Å². The number of nitrogens with zero attached hydrogens (tertiary/aromatic N) is 2. The van der Waals surface area contributed by atoms with Crippen molar-refractivity contribution in [3.8, 4) is 0 Å². The summed E-state index contributed by atoms with van der Waals surface area (Å²) < 4.78 is 13.8. The second kappa shape index (κ2) is 4.75. The van der Waals surface area contributed by atoms with Crippen molar-refractivity contribution in [3.63, 3.8) is 0 Å². The molecule has 0 spiro atoms. The van der Waals surface area contributed by atoms with Crippen molar-refractivity contribution in [1.82, 2.24) is 4.98 Å². The van der Waals surface area contributed by atoms with Gasteiger partial charge in [0.2, 0.25) is 0 Å². The zero-order valence-electron chi connectivity index (χ0n) is 11.3. The molecular formula is C15H21FN2O. The van der Waals surface area contributed by atoms with E-state index in [9.17, 15) is 9.50 Å². The van der Waals surface area contributed by atoms with E-state index in [2.05, 4.69) is 16.8 Å². The molecule has 2 heterocycles. The third-order valence-corrected chi connectivity index (χ3v) is 5.02. The summed E-state index contributed by atoms with van der Waals surface area (Å²) in [4.78, 5) is 5.88. The van der Waals surface area contributed by atoms with Crippen LogP contribution >= 0.6 is 0 Å². The van der Waals surface area contributed by atoms with Crippen LogP contribution in [-0.2, 0) is 0 Å². The highest BCUT2D eigenvalue weighted by Gasteiger charge is 2.48. The number of hydrogen-bond donors (Lipinski definition) is 1. The Morgan fingerprint density at radius 3 is 3.11 bits per heavy atom. The molecule has 4 heteroatoms. The summed E-state index contributed by atoms with van der Waals surface area (Å²) in [5, 5.41) is 10.8. The highest BCUT2D eigenvalue weighted by molar-refractivity contribution is 5.47. The lowest BCUT2D eigenvalue weighted by molar-refractivity contribution is -0.0597. The Morgan fingerprint density at radius 2 is 2.37 bits per heavy atom. The van der Waals surface area contributed by atoms with Gasteiger partial charge in [-0.25, -0.2) is 4.39 Å². The molecule has 0 radical (unpaired) electrons. The fourth-order valence-electron chi connectivity index (χ4n) is 3.89. The summed E-state index contributed by atoms with van der Waals surface area (Å²) in [6.45, 7) is 3.67. The van der Waals surface area contributed by atoms with Gasteiger partial charge in [-0.3, -0.25) is 4.98 Å². The monoisotopic (exact) mass is 264 g/mol. The molecule has 1 aliphatic heterocycles. The molecule has 0 aromatic carbocycles. The van der Waals surface area contributed by atoms with Crippen molar-refractivity contribution in [2.45, 2.75) is 38.2 Å². The molecule has 1 aromatic heterocycles. The molecule has 104 valence electrons. The quantitative estimate of drug-likeness (QED) is 0.892. The molecule has 3 atom stereocenters. The van der Waals surface area contributed by atoms with Crippen LogP contribution in [0.15, 0.2) is 18.5 Å². The number of halogens is 1. The predicted octanol–water partition coefficient (Wildman–Crippen LogP) is 2.60. The van der Waals surface area contributed by atoms with Crippen LogP contribution in [0, 0.1) is 17.7 Å². The zero-order valence-corrected chi connectivity index (χ0v) is 11.3. The van der Waals surface area contributed by atoms with Gasteiger partial charge in [0, 0.05) is 25.2 Å². The summed E-state index contributed by atoms with van der Waals surface area (Å²) in [6, 6.07) is 1.73. The molecule has 19 heavy (non-hydrogen) atoms. The van der Waals surface area contributed by atoms with Crippen LogP contribution < -0.4 is 4.90 Å². The molecule has 0 unspecified atom stereocenters. The number of anilines is 1. The third kappa shape index (κ3) is 2.12. The molecule has 2 aliphatic rings. The van der Waals surface area contributed by atoms with E-state index in [1.54, 1.807) is 12.3 Å². The van der Waals surface area contributed by atoms with Crippen LogP contribution in [-0.4, -0.2) is 28.8 Å². The number of rotatable bonds is 2. The van der Waals surface area contributed by atoms with E-state index in [1.807, 2.05) is 0 Å². The van der Waals surface area contributed by atoms with E-state index in [1.165, 1.54) is 6.20 Å². The SMILES string of the molecule is CC[C@@]1(O)CCC[C@@H]2CN(c3ccncc3F)C[C@@H]21. The van der Waals surface area contributed by atoms with Gasteiger partial charge in [0.05, 0.1) is 17.5 Å². The summed E-state index contributed by atoms with van der Waals surface area (Å²) in [5.41, 5.74) is 0.0733. The molecule has 1 saturated heterocycles. The average molecular weight is 264 g/mol. The van der Waals surface area contributed by atoms with E-state index in [0.717, 1.165) is 38.8 Å². The minimum absolute atomic E-state index is 0.263. The van der Waals surface area contributed by atoms with Gasteiger partial charge in [0.15, 0.2) is 5.82 Å². The molecule has 1 aliphatic carbocycles. The maximum Gasteiger partial charge on any atom is 0.164 e. The average Bonchev–Trinajstić information content (AvgIpc) is 2.85. The maximum atomic E-state index is 13.8. The van der Waals surface area contributed by atoms with E-state index >= 15 is 0 Å². The van der Waals surface area contributed by atoms with Crippen molar-refractivity contribution in [2.75, 3.05) is 18.0 Å². The Balaban J connectivity index is 1.84. The Hall–Kier alpha value is -1.16. The summed E-state index contributed by atoms with van der Waals surface area (Å²) in [5.74, 6) is 0.506. The number of aromatic nitrogens is 1. The normalized spacial score (nSPS) is 34.4. The molecule has 1 saturated carbocycles. The summed E-state index contributed by atoms with van der Waals surface area (Å²) in [7, 11) is 0. The molecular weight excluding hydrogens is 243 g/mol. The van der Waals surface area contributed by atoms with E-state index in [0.29, 0.717) is 11.6 Å². The van der Waals surface area contributed by atoms with Gasteiger partial charge >= 0.3 is 0 Å². The molecule has 0 amide bonds. The predicted molar refractivity (Wildman–Crippen MR) is 72.5 cm³/mol. The molecule has 2 fully saturated rings. The first-order valence-corrected chi connectivity index (χ1v) is 7.21. The van der Waals surface area contributed by atoms with Crippen LogP contribution in [0.25, 0.3) is 0 Å². The second-order valence-corrected chi connectivity index (χ2v) is 5.95. The van der Waals surface area contributed by atoms with Gasteiger partial charge in [-0.1, -0.05) is 13.3 Å². The van der Waals surface area contributed by atoms with Crippen LogP contribution in [0.4, 0.5) is 10.1 Å². The van der Waals surface area contributed by atoms with Gasteiger partial charge in [0.1, 0.15) is 0 Å². The molecule has 0 bridgehead atoms. The number of pyridine rings is 1. The second-order valence-electron chi connectivity index (χ2n) is 5.95. The molecule has 1 N–H and O–H groups in total. The maximum absolute atomic E-state index is 13.8. The first kappa shape index (κ1) is 12.9. The van der Waals surface area contributed by atoms with Crippen molar-refractivity contribution < 1.29 is 9.50 Å². The number of fused-ring (bicyclic) bond motifs is 1. The topological polar surface area (TPSA) is 36.4 Å². The van der Waals surface area contributed by atoms with Gasteiger partial charge in [0.25, 0.3) is 0 Å². The van der Waals surface area contributed by atoms with Crippen LogP contribution in [0.5, 0.6) is 0 Å². The molecule has 1 aromatic rings. The largest absolute Gasteiger partial charge is 0.390 e. The number of hydrogen-bond acceptors (Lipinski definition) is 3. The molecule has 3 nitrogen and oxygen atoms in total. The Labute approximate surface area is 113 Å². The fraction of sp³-hybridized carbons (Fsp3) is 0.667. The van der Waals surface area contributed by atoms with Crippen LogP contribution in [0.2, 0.25) is 0 Å². The van der Waals surface area contributed by atoms with Crippen molar-refractivity contribution in [1.29, 1.82) is 0 Å². The smallest absolute Gasteiger partial charge is 0.164 e. The van der Waals surface area contributed by atoms with Gasteiger partial charge in [-0.15, -0.1) is 0 Å². The Bertz CT molecular complexity index is 467. The number of aliphatic hydroxyl groups is 1. The van der Waals surface area contributed by atoms with E-state index in [-0.39, 0.29) is 11.7 Å². The summed E-state index contributed by atoms with van der Waals surface area (Å²) >= 11 is 0. The van der Waals surface area contributed by atoms with Gasteiger partial charge in [-0.05, 0) is 31.2 Å². The van der Waals surface area contributed by atoms with Crippen LogP contribution in [0.3, 0.4) is 0 Å². The lowest BCUT2D eigenvalue weighted by atomic mass is 9.69. The highest BCUT2D eigenvalue weighted by atomic mass is 19.1. The molecule has 3 rings (SSSR count). The zero-order chi connectivity index (χ0) is 13.5. The third-order valence-electron chi connectivity index (χ3n) is 5.02. The minimum atomic E-state index is -0.554. The minimum Gasteiger partial charge on any atom is -0.390 e. The van der Waals surface area contributed by atoms with Gasteiger partial charge < -0.3 is 10.0 Å². The first-order chi connectivity index (χ1) is 9.14.